The van der Waals surface area contributed by atoms with Crippen LogP contribution in [0.3, 0.4) is 0 Å². The Bertz CT molecular complexity index is 3860. The van der Waals surface area contributed by atoms with Crippen molar-refractivity contribution >= 4 is 122 Å². The Morgan fingerprint density at radius 2 is 0.819 bits per heavy atom. The molecule has 0 aliphatic heterocycles. The number of rotatable bonds is 23. The Morgan fingerprint density at radius 3 is 1.12 bits per heavy atom. The third-order valence-corrected chi connectivity index (χ3v) is 11.8. The first-order valence-corrected chi connectivity index (χ1v) is 34.1. The van der Waals surface area contributed by atoms with Gasteiger partial charge in [-0.1, -0.05) is 66.2 Å². The summed E-state index contributed by atoms with van der Waals surface area (Å²) < 4.78 is 141. The number of anilines is 8. The summed E-state index contributed by atoms with van der Waals surface area (Å²) in [6.07, 6.45) is -10.9. The smallest absolute Gasteiger partial charge is 0.444 e. The molecule has 0 radical (unpaired) electrons. The number of nitrogens with one attached hydrogen (secondary N) is 2. The number of nitro groups is 4. The Morgan fingerprint density at radius 1 is 0.517 bits per heavy atom. The molecule has 0 bridgehead atoms. The third kappa shape index (κ3) is 65.4. The van der Waals surface area contributed by atoms with Gasteiger partial charge >= 0.3 is 169 Å². The second-order valence-electron chi connectivity index (χ2n) is 23.8. The summed E-state index contributed by atoms with van der Waals surface area (Å²) in [5.74, 6) is 0. The molecule has 6 aromatic carbocycles. The minimum absolute atomic E-state index is 0. The number of hydrogen-bond donors (Lipinski definition) is 4. The molecule has 0 spiro atoms. The number of carbonyl (C=O) groups is 6. The van der Waals surface area contributed by atoms with Gasteiger partial charge in [-0.3, -0.25) is 69.6 Å². The largest absolute Gasteiger partial charge is 1.00 e. The summed E-state index contributed by atoms with van der Waals surface area (Å²) >= 11 is 2.87. The van der Waals surface area contributed by atoms with Crippen LogP contribution in [0.1, 0.15) is 78.9 Å². The van der Waals surface area contributed by atoms with Gasteiger partial charge in [0.25, 0.3) is 22.7 Å². The number of nitro benzene ring substituents is 4. The number of aldehydes is 1. The van der Waals surface area contributed by atoms with Crippen molar-refractivity contribution in [3.8, 4) is 0 Å². The molecule has 0 saturated heterocycles. The monoisotopic (exact) mass is 1970 g/mol. The van der Waals surface area contributed by atoms with E-state index in [1.54, 1.807) is 129 Å². The van der Waals surface area contributed by atoms with Gasteiger partial charge in [-0.2, -0.15) is 13.2 Å². The van der Waals surface area contributed by atoms with Gasteiger partial charge in [-0.15, -0.1) is 0 Å². The number of benzene rings is 6. The van der Waals surface area contributed by atoms with Gasteiger partial charge in [0.15, 0.2) is 1.37 Å². The van der Waals surface area contributed by atoms with Crippen LogP contribution in [0.15, 0.2) is 146 Å². The first-order valence-electron chi connectivity index (χ1n) is 34.0. The second kappa shape index (κ2) is 70.4. The van der Waals surface area contributed by atoms with Crippen molar-refractivity contribution in [1.29, 1.82) is 0 Å². The zero-order chi connectivity index (χ0) is 90.5. The molecule has 44 heteroatoms. The van der Waals surface area contributed by atoms with Gasteiger partial charge in [-0.25, -0.2) is 36.3 Å². The number of hydrogen-bond acceptors (Lipinski definition) is 24. The van der Waals surface area contributed by atoms with Crippen molar-refractivity contribution in [3.05, 3.63) is 193 Å². The van der Waals surface area contributed by atoms with Crippen molar-refractivity contribution in [3.63, 3.8) is 0 Å². The van der Waals surface area contributed by atoms with Crippen LogP contribution in [0.25, 0.3) is 0 Å². The van der Waals surface area contributed by atoms with Crippen LogP contribution >= 0.6 is 15.9 Å². The topological polar surface area (TPSA) is 410 Å². The van der Waals surface area contributed by atoms with E-state index in [2.05, 4.69) is 36.3 Å². The standard InChI is InChI=1S/C13H17FN2O4.C13H19FN2O2.C11H14N2O4.C9H11FN2O2.C9H13FN2.C8H9FN2O2.C2H4BrF.C2HF3O.C2H2FO3.C2H6.CH2O.2Cs/c1-13(2,3)20-12(17)15(8-7-14)10-5-4-6-11(9-10)16(18)19;1-13(2,3)18-12(17)16(8-7-14)11-6-4-5-10(15)9-11;1-11(2,3)17-10(14)12-8-5-4-6-9(7-8)13(15)16;1-11(6-5-10)8-3-2-4-9(7-8)12(13)14;1-12(6-5-10)9-4-2-3-8(11)7-9;9-4-5-10-7-2-1-3-8(6-7)11(12)13;3-1-2-4;3-2(4,5)1-6;3-1-5-6-2-4;2*1-2;;/h4-6,9H,7-8H2,1-3H3;4-6,9H,7-8,15H2,1-3H3;4-7H,1-3H3,(H,12,14);2-4,7H,5-6H2,1H3;2-4,7H,5-6,11H2,1H3;1-3,6,10H,4-5H2;1-2H2;1H;1-2H;1-2H3;1H2;;/q;;;;;;;;-1;;;2*+1/i;;;;;;;1D;2D;;;;. The number of non-ortho nitro benzene ring substituents is 4. The molecule has 0 saturated carbocycles. The number of amides is 3. The summed E-state index contributed by atoms with van der Waals surface area (Å²) in [6.45, 7) is 18.7. The second-order valence-corrected chi connectivity index (χ2v) is 24.6. The number of nitrogens with two attached hydrogens (primary N) is 2. The van der Waals surface area contributed by atoms with Crippen LogP contribution in [0.5, 0.6) is 0 Å². The maximum Gasteiger partial charge on any atom is 1.00 e. The van der Waals surface area contributed by atoms with E-state index in [1.165, 1.54) is 71.6 Å². The van der Waals surface area contributed by atoms with Gasteiger partial charge in [-0.05, 0) is 130 Å². The molecule has 638 valence electrons. The summed E-state index contributed by atoms with van der Waals surface area (Å²) in [5.41, 5.74) is 13.5. The molecule has 0 fully saturated rings. The van der Waals surface area contributed by atoms with Gasteiger partial charge in [0.1, 0.15) is 58.3 Å². The summed E-state index contributed by atoms with van der Waals surface area (Å²) in [4.78, 5) is 114. The predicted molar refractivity (Wildman–Crippen MR) is 420 cm³/mol. The summed E-state index contributed by atoms with van der Waals surface area (Å²) in [6, 6.07) is 37.3. The van der Waals surface area contributed by atoms with Gasteiger partial charge in [0.05, 0.1) is 50.8 Å². The number of ether oxygens (including phenoxy) is 3. The van der Waals surface area contributed by atoms with E-state index in [9.17, 15) is 104 Å². The van der Waals surface area contributed by atoms with E-state index in [-0.39, 0.29) is 213 Å². The normalized spacial score (nSPS) is 10.0. The van der Waals surface area contributed by atoms with E-state index in [0.717, 1.165) is 10.6 Å². The number of nitrogens with zero attached hydrogens (tertiary/aromatic N) is 8. The number of halogens is 11. The minimum Gasteiger partial charge on any atom is -0.444 e. The third-order valence-electron chi connectivity index (χ3n) is 11.5. The fraction of sp³-hybridized carbons (Fsp3) is 0.403. The van der Waals surface area contributed by atoms with Gasteiger partial charge < -0.3 is 59.8 Å². The first-order chi connectivity index (χ1) is 54.1. The van der Waals surface area contributed by atoms with Crippen molar-refractivity contribution in [2.24, 2.45) is 0 Å². The molecule has 0 aliphatic carbocycles. The van der Waals surface area contributed by atoms with Crippen LogP contribution < -0.4 is 179 Å². The van der Waals surface area contributed by atoms with E-state index >= 15 is 0 Å². The number of alkyl halides is 10. The van der Waals surface area contributed by atoms with Crippen LogP contribution in [0.2, 0.25) is 0 Å². The van der Waals surface area contributed by atoms with Crippen molar-refractivity contribution in [2.75, 3.05) is 134 Å². The van der Waals surface area contributed by atoms with E-state index in [4.69, 9.17) is 38.0 Å². The van der Waals surface area contributed by atoms with Crippen LogP contribution in [-0.2, 0) is 38.4 Å². The Balaban J connectivity index is -0.000000239. The quantitative estimate of drug-likeness (QED) is 0.00533. The number of nitrogen functional groups attached to an aromatic ring is 2. The molecule has 3 amide bonds. The molecule has 6 rings (SSSR count). The number of carbonyl (C=O) groups excluding carboxylic acids is 6. The average Bonchev–Trinajstić information content (AvgIpc) is 0.845. The molecule has 0 atom stereocenters. The van der Waals surface area contributed by atoms with E-state index in [1.807, 2.05) is 56.8 Å². The predicted octanol–water partition coefficient (Wildman–Crippen LogP) is 12.0. The Hall–Kier alpha value is -7.62. The van der Waals surface area contributed by atoms with E-state index in [0.29, 0.717) is 46.0 Å². The first kappa shape index (κ1) is 117. The fourth-order valence-electron chi connectivity index (χ4n) is 7.12. The van der Waals surface area contributed by atoms with Crippen LogP contribution in [0.4, 0.5) is 127 Å². The molecule has 0 heterocycles. The molecule has 0 aliphatic rings. The minimum atomic E-state index is -4.97. The van der Waals surface area contributed by atoms with Crippen molar-refractivity contribution < 1.29 is 257 Å². The van der Waals surface area contributed by atoms with Crippen molar-refractivity contribution in [1.82, 2.24) is 0 Å². The summed E-state index contributed by atoms with van der Waals surface area (Å²) in [5, 5.41) is 47.6. The Labute approximate surface area is 795 Å². The van der Waals surface area contributed by atoms with Crippen LogP contribution in [-0.4, -0.2) is 173 Å². The maximum absolute atomic E-state index is 12.6. The molecule has 116 heavy (non-hydrogen) atoms. The fourth-order valence-corrected chi connectivity index (χ4v) is 7.12. The zero-order valence-electron chi connectivity index (χ0n) is 68.8. The van der Waals surface area contributed by atoms with Crippen LogP contribution in [0, 0.1) is 47.3 Å². The average molecular weight is 1970 g/mol. The molecular formula is C72H98BrCs2F10N12O19+. The molecule has 31 nitrogen and oxygen atoms in total. The summed E-state index contributed by atoms with van der Waals surface area (Å²) in [7, 11) is 3.53. The van der Waals surface area contributed by atoms with E-state index < -0.39 is 100 Å². The van der Waals surface area contributed by atoms with Gasteiger partial charge in [0.2, 0.25) is 6.26 Å². The molecule has 0 unspecified atom stereocenters. The molecule has 6 N–H and O–H groups in total. The van der Waals surface area contributed by atoms with Gasteiger partial charge in [0, 0.05) is 122 Å². The zero-order valence-corrected chi connectivity index (χ0v) is 80.9. The molecule has 6 aromatic rings. The Kier molecular flexibility index (Phi) is 71.0. The SMILES string of the molecule is C=O.CC.CC(C)(C)OC(=O)N(CCF)c1cccc(N)c1.CC(C)(C)OC(=O)N(CCF)c1cccc([N+](=O)[O-])c1.CC(C)(C)OC(=O)Nc1cccc([N+](=O)[O-])c1.CN(CCF)c1cccc(N)c1.CN(CCF)c1cccc([N+](=O)[O-])c1.FCCBr.O=[N+]([O-])c1cccc(NCCF)c1.[2H]C(=O)C(F)(F)F.[2H]C(=O)OO[CH-]F.[Cs+].[Cs+]. The van der Waals surface area contributed by atoms with Crippen molar-refractivity contribution in [2.45, 2.75) is 99.1 Å². The maximum atomic E-state index is 12.6. The molecular weight excluding hydrogens is 1870 g/mol. The molecule has 0 aromatic heterocycles.